The molecule has 0 heterocycles. The highest BCUT2D eigenvalue weighted by molar-refractivity contribution is 5.82. The van der Waals surface area contributed by atoms with Crippen LogP contribution < -0.4 is 0 Å². The number of esters is 2. The minimum absolute atomic E-state index is 0.0167. The first-order valence-electron chi connectivity index (χ1n) is 5.33. The first-order chi connectivity index (χ1) is 8.13. The van der Waals surface area contributed by atoms with Gasteiger partial charge in [-0.05, 0) is 13.8 Å². The van der Waals surface area contributed by atoms with Crippen molar-refractivity contribution in [3.8, 4) is 0 Å². The van der Waals surface area contributed by atoms with E-state index in [2.05, 4.69) is 0 Å². The highest BCUT2D eigenvalue weighted by Crippen LogP contribution is 1.99. The number of rotatable bonds is 7. The average Bonchev–Trinajstić information content (AvgIpc) is 2.30. The van der Waals surface area contributed by atoms with Crippen LogP contribution in [0.3, 0.4) is 0 Å². The SMILES string of the molecule is C/C=C/C(=O)OCC(CO)COC(=O)/C=C/C. The summed E-state index contributed by atoms with van der Waals surface area (Å²) in [5.41, 5.74) is 0. The molecule has 0 radical (unpaired) electrons. The van der Waals surface area contributed by atoms with Crippen LogP contribution in [0.4, 0.5) is 0 Å². The Morgan fingerprint density at radius 2 is 1.47 bits per heavy atom. The van der Waals surface area contributed by atoms with Gasteiger partial charge in [0.2, 0.25) is 0 Å². The number of aliphatic hydroxyl groups is 1. The number of carbonyl (C=O) groups is 2. The normalized spacial score (nSPS) is 11.3. The summed E-state index contributed by atoms with van der Waals surface area (Å²) in [5, 5.41) is 8.99. The molecule has 5 heteroatoms. The van der Waals surface area contributed by atoms with Crippen LogP contribution in [0.5, 0.6) is 0 Å². The molecular formula is C12H18O5. The zero-order valence-electron chi connectivity index (χ0n) is 10.1. The number of aliphatic hydroxyl groups excluding tert-OH is 1. The molecule has 0 bridgehead atoms. The molecule has 0 aliphatic carbocycles. The van der Waals surface area contributed by atoms with Crippen molar-refractivity contribution in [3.63, 3.8) is 0 Å². The first-order valence-corrected chi connectivity index (χ1v) is 5.33. The summed E-state index contributed by atoms with van der Waals surface area (Å²) in [6.07, 6.45) is 5.67. The van der Waals surface area contributed by atoms with Gasteiger partial charge in [0.05, 0.1) is 25.7 Å². The van der Waals surface area contributed by atoms with Crippen LogP contribution in [0.15, 0.2) is 24.3 Å². The summed E-state index contributed by atoms with van der Waals surface area (Å²) in [7, 11) is 0. The molecule has 0 saturated heterocycles. The van der Waals surface area contributed by atoms with E-state index in [9.17, 15) is 9.59 Å². The smallest absolute Gasteiger partial charge is 0.330 e. The fourth-order valence-corrected chi connectivity index (χ4v) is 0.922. The Hall–Kier alpha value is -1.62. The fourth-order valence-electron chi connectivity index (χ4n) is 0.922. The van der Waals surface area contributed by atoms with E-state index in [0.29, 0.717) is 0 Å². The van der Waals surface area contributed by atoms with Gasteiger partial charge in [-0.15, -0.1) is 0 Å². The van der Waals surface area contributed by atoms with Crippen molar-refractivity contribution in [2.24, 2.45) is 5.92 Å². The number of hydrogen-bond acceptors (Lipinski definition) is 5. The van der Waals surface area contributed by atoms with Crippen LogP contribution in [0.25, 0.3) is 0 Å². The minimum Gasteiger partial charge on any atom is -0.462 e. The number of carbonyl (C=O) groups excluding carboxylic acids is 2. The fraction of sp³-hybridized carbons (Fsp3) is 0.500. The van der Waals surface area contributed by atoms with Crippen LogP contribution in [0.1, 0.15) is 13.8 Å². The molecule has 0 aromatic heterocycles. The van der Waals surface area contributed by atoms with Gasteiger partial charge in [-0.25, -0.2) is 9.59 Å². The van der Waals surface area contributed by atoms with Crippen LogP contribution in [-0.2, 0) is 19.1 Å². The van der Waals surface area contributed by atoms with Gasteiger partial charge in [0, 0.05) is 12.2 Å². The molecule has 96 valence electrons. The molecule has 0 saturated carbocycles. The Morgan fingerprint density at radius 1 is 1.06 bits per heavy atom. The monoisotopic (exact) mass is 242 g/mol. The van der Waals surface area contributed by atoms with Gasteiger partial charge in [-0.3, -0.25) is 0 Å². The molecule has 0 fully saturated rings. The average molecular weight is 242 g/mol. The molecule has 1 N–H and O–H groups in total. The lowest BCUT2D eigenvalue weighted by Gasteiger charge is -2.13. The topological polar surface area (TPSA) is 72.8 Å². The van der Waals surface area contributed by atoms with Crippen molar-refractivity contribution < 1.29 is 24.2 Å². The largest absolute Gasteiger partial charge is 0.462 e. The Balaban J connectivity index is 3.92. The summed E-state index contributed by atoms with van der Waals surface area (Å²) < 4.78 is 9.67. The second kappa shape index (κ2) is 9.59. The zero-order valence-corrected chi connectivity index (χ0v) is 10.1. The molecule has 5 nitrogen and oxygen atoms in total. The van der Waals surface area contributed by atoms with Crippen LogP contribution in [0.2, 0.25) is 0 Å². The van der Waals surface area contributed by atoms with Crippen molar-refractivity contribution in [2.75, 3.05) is 19.8 Å². The summed E-state index contributed by atoms with van der Waals surface area (Å²) in [4.78, 5) is 22.0. The van der Waals surface area contributed by atoms with Crippen molar-refractivity contribution in [1.29, 1.82) is 0 Å². The lowest BCUT2D eigenvalue weighted by atomic mass is 10.2. The number of ether oxygens (including phenoxy) is 2. The second-order valence-corrected chi connectivity index (χ2v) is 3.31. The third kappa shape index (κ3) is 8.21. The van der Waals surface area contributed by atoms with E-state index in [0.717, 1.165) is 0 Å². The highest BCUT2D eigenvalue weighted by atomic mass is 16.5. The molecule has 0 unspecified atom stereocenters. The molecular weight excluding hydrogens is 224 g/mol. The Bertz CT molecular complexity index is 265. The van der Waals surface area contributed by atoms with E-state index >= 15 is 0 Å². The van der Waals surface area contributed by atoms with Gasteiger partial charge >= 0.3 is 11.9 Å². The van der Waals surface area contributed by atoms with Crippen LogP contribution >= 0.6 is 0 Å². The molecule has 0 aromatic carbocycles. The van der Waals surface area contributed by atoms with E-state index in [1.165, 1.54) is 12.2 Å². The van der Waals surface area contributed by atoms with Gasteiger partial charge in [0.1, 0.15) is 0 Å². The van der Waals surface area contributed by atoms with E-state index in [-0.39, 0.29) is 19.8 Å². The van der Waals surface area contributed by atoms with Gasteiger partial charge in [0.25, 0.3) is 0 Å². The molecule has 0 aliphatic heterocycles. The van der Waals surface area contributed by atoms with Gasteiger partial charge in [-0.1, -0.05) is 12.2 Å². The molecule has 0 aliphatic rings. The van der Waals surface area contributed by atoms with E-state index in [4.69, 9.17) is 14.6 Å². The Labute approximate surface area is 101 Å². The summed E-state index contributed by atoms with van der Waals surface area (Å²) in [5.74, 6) is -1.37. The predicted molar refractivity (Wildman–Crippen MR) is 62.1 cm³/mol. The Kier molecular flexibility index (Phi) is 8.68. The lowest BCUT2D eigenvalue weighted by Crippen LogP contribution is -2.22. The van der Waals surface area contributed by atoms with Crippen LogP contribution in [-0.4, -0.2) is 36.9 Å². The van der Waals surface area contributed by atoms with Gasteiger partial charge in [0.15, 0.2) is 0 Å². The molecule has 0 aromatic rings. The molecule has 0 amide bonds. The van der Waals surface area contributed by atoms with E-state index < -0.39 is 17.9 Å². The summed E-state index contributed by atoms with van der Waals surface area (Å²) in [6, 6.07) is 0. The maximum absolute atomic E-state index is 11.0. The third-order valence-electron chi connectivity index (χ3n) is 1.79. The van der Waals surface area contributed by atoms with Crippen molar-refractivity contribution in [2.45, 2.75) is 13.8 Å². The van der Waals surface area contributed by atoms with Crippen LogP contribution in [0, 0.1) is 5.92 Å². The quantitative estimate of drug-likeness (QED) is 0.529. The van der Waals surface area contributed by atoms with E-state index in [1.54, 1.807) is 26.0 Å². The summed E-state index contributed by atoms with van der Waals surface area (Å²) >= 11 is 0. The standard InChI is InChI=1S/C12H18O5/c1-3-5-11(14)16-8-10(7-13)9-17-12(15)6-4-2/h3-6,10,13H,7-9H2,1-2H3/b5-3+,6-4+. The van der Waals surface area contributed by atoms with Crippen molar-refractivity contribution >= 4 is 11.9 Å². The number of hydrogen-bond donors (Lipinski definition) is 1. The number of allylic oxidation sites excluding steroid dienone is 2. The van der Waals surface area contributed by atoms with Gasteiger partial charge in [-0.2, -0.15) is 0 Å². The van der Waals surface area contributed by atoms with E-state index in [1.807, 2.05) is 0 Å². The lowest BCUT2D eigenvalue weighted by molar-refractivity contribution is -0.143. The summed E-state index contributed by atoms with van der Waals surface area (Å²) in [6.45, 7) is 3.21. The molecule has 17 heavy (non-hydrogen) atoms. The third-order valence-corrected chi connectivity index (χ3v) is 1.79. The zero-order chi connectivity index (χ0) is 13.1. The highest BCUT2D eigenvalue weighted by Gasteiger charge is 2.12. The molecule has 0 rings (SSSR count). The predicted octanol–water partition coefficient (Wildman–Crippen LogP) is 0.834. The second-order valence-electron chi connectivity index (χ2n) is 3.31. The van der Waals surface area contributed by atoms with Crippen molar-refractivity contribution in [3.05, 3.63) is 24.3 Å². The Morgan fingerprint density at radius 3 is 1.76 bits per heavy atom. The van der Waals surface area contributed by atoms with Crippen molar-refractivity contribution in [1.82, 2.24) is 0 Å². The molecule has 0 spiro atoms. The minimum atomic E-state index is -0.481. The maximum Gasteiger partial charge on any atom is 0.330 e. The molecule has 0 atom stereocenters. The van der Waals surface area contributed by atoms with Gasteiger partial charge < -0.3 is 14.6 Å². The maximum atomic E-state index is 11.0. The first kappa shape index (κ1) is 15.4.